The van der Waals surface area contributed by atoms with E-state index in [1.807, 2.05) is 0 Å². The molecule has 0 saturated carbocycles. The van der Waals surface area contributed by atoms with Crippen molar-refractivity contribution < 1.29 is 9.18 Å². The predicted molar refractivity (Wildman–Crippen MR) is 56.4 cm³/mol. The number of hydrogen-bond acceptors (Lipinski definition) is 2. The molecule has 0 unspecified atom stereocenters. The Bertz CT molecular complexity index is 412. The van der Waals surface area contributed by atoms with E-state index >= 15 is 0 Å². The van der Waals surface area contributed by atoms with Gasteiger partial charge in [0, 0.05) is 18.2 Å². The van der Waals surface area contributed by atoms with Crippen LogP contribution in [0.1, 0.15) is 12.5 Å². The summed E-state index contributed by atoms with van der Waals surface area (Å²) in [4.78, 5) is 10.5. The third-order valence-electron chi connectivity index (χ3n) is 1.58. The molecule has 15 heavy (non-hydrogen) atoms. The van der Waals surface area contributed by atoms with Crippen LogP contribution in [-0.2, 0) is 4.79 Å². The van der Waals surface area contributed by atoms with Crippen molar-refractivity contribution >= 4 is 11.6 Å². The van der Waals surface area contributed by atoms with Crippen LogP contribution in [0.25, 0.3) is 0 Å². The molecule has 0 bridgehead atoms. The molecule has 0 atom stereocenters. The smallest absolute Gasteiger partial charge is 0.217 e. The quantitative estimate of drug-likeness (QED) is 0.529. The first-order valence-electron chi connectivity index (χ1n) is 4.37. The summed E-state index contributed by atoms with van der Waals surface area (Å²) in [5.74, 6) is 4.81. The van der Waals surface area contributed by atoms with Crippen LogP contribution < -0.4 is 11.1 Å². The summed E-state index contributed by atoms with van der Waals surface area (Å²) in [5.41, 5.74) is 6.26. The number of halogens is 1. The second-order valence-electron chi connectivity index (χ2n) is 2.98. The summed E-state index contributed by atoms with van der Waals surface area (Å²) < 4.78 is 12.8. The Morgan fingerprint density at radius 1 is 1.53 bits per heavy atom. The normalized spacial score (nSPS) is 8.93. The van der Waals surface area contributed by atoms with Crippen molar-refractivity contribution in [3.8, 4) is 11.8 Å². The number of carbonyl (C=O) groups excluding carboxylic acids is 1. The lowest BCUT2D eigenvalue weighted by atomic mass is 10.2. The van der Waals surface area contributed by atoms with Crippen LogP contribution in [0, 0.1) is 17.7 Å². The van der Waals surface area contributed by atoms with Gasteiger partial charge in [0.2, 0.25) is 5.91 Å². The Balaban J connectivity index is 2.67. The highest BCUT2D eigenvalue weighted by molar-refractivity contribution is 5.73. The highest BCUT2D eigenvalue weighted by Crippen LogP contribution is 2.09. The molecule has 0 radical (unpaired) electrons. The van der Waals surface area contributed by atoms with E-state index in [-0.39, 0.29) is 12.5 Å². The van der Waals surface area contributed by atoms with Crippen molar-refractivity contribution in [2.45, 2.75) is 6.92 Å². The number of nitrogens with two attached hydrogens (primary N) is 1. The average molecular weight is 206 g/mol. The second-order valence-corrected chi connectivity index (χ2v) is 2.98. The van der Waals surface area contributed by atoms with Crippen molar-refractivity contribution in [1.82, 2.24) is 5.32 Å². The van der Waals surface area contributed by atoms with Gasteiger partial charge in [-0.15, -0.1) is 0 Å². The molecule has 3 nitrogen and oxygen atoms in total. The minimum absolute atomic E-state index is 0.150. The zero-order chi connectivity index (χ0) is 11.3. The largest absolute Gasteiger partial charge is 0.399 e. The van der Waals surface area contributed by atoms with E-state index in [1.165, 1.54) is 19.1 Å². The lowest BCUT2D eigenvalue weighted by Gasteiger charge is -1.95. The topological polar surface area (TPSA) is 55.1 Å². The molecule has 0 heterocycles. The van der Waals surface area contributed by atoms with Crippen molar-refractivity contribution in [2.75, 3.05) is 12.3 Å². The van der Waals surface area contributed by atoms with Crippen molar-refractivity contribution in [3.05, 3.63) is 29.6 Å². The molecule has 0 fully saturated rings. The number of nitrogen functional groups attached to an aromatic ring is 1. The Morgan fingerprint density at radius 2 is 2.27 bits per heavy atom. The Hall–Kier alpha value is -2.02. The molecule has 4 heteroatoms. The van der Waals surface area contributed by atoms with Gasteiger partial charge in [0.15, 0.2) is 0 Å². The van der Waals surface area contributed by atoms with E-state index in [0.717, 1.165) is 0 Å². The van der Waals surface area contributed by atoms with Gasteiger partial charge in [-0.2, -0.15) is 0 Å². The van der Waals surface area contributed by atoms with Crippen LogP contribution >= 0.6 is 0 Å². The first-order chi connectivity index (χ1) is 7.08. The molecule has 0 saturated heterocycles. The maximum Gasteiger partial charge on any atom is 0.217 e. The standard InChI is InChI=1S/C11H11FN2O/c1-8(15)14-4-2-3-9-5-10(12)7-11(13)6-9/h5-7H,4,13H2,1H3,(H,14,15). The zero-order valence-electron chi connectivity index (χ0n) is 8.30. The van der Waals surface area contributed by atoms with E-state index in [0.29, 0.717) is 11.3 Å². The van der Waals surface area contributed by atoms with Gasteiger partial charge in [0.1, 0.15) is 5.82 Å². The molecule has 1 rings (SSSR count). The third-order valence-corrected chi connectivity index (χ3v) is 1.58. The van der Waals surface area contributed by atoms with E-state index in [4.69, 9.17) is 5.73 Å². The first kappa shape index (κ1) is 11.1. The predicted octanol–water partition coefficient (Wildman–Crippen LogP) is 0.896. The van der Waals surface area contributed by atoms with Crippen molar-refractivity contribution in [3.63, 3.8) is 0 Å². The zero-order valence-corrected chi connectivity index (χ0v) is 8.30. The lowest BCUT2D eigenvalue weighted by molar-refractivity contribution is -0.118. The van der Waals surface area contributed by atoms with Crippen LogP contribution in [0.5, 0.6) is 0 Å². The summed E-state index contributed by atoms with van der Waals surface area (Å²) in [5, 5.41) is 2.51. The van der Waals surface area contributed by atoms with Crippen LogP contribution in [0.4, 0.5) is 10.1 Å². The van der Waals surface area contributed by atoms with E-state index in [1.54, 1.807) is 6.07 Å². The molecular weight excluding hydrogens is 195 g/mol. The Kier molecular flexibility index (Phi) is 3.69. The molecule has 1 amide bonds. The fourth-order valence-electron chi connectivity index (χ4n) is 0.999. The number of anilines is 1. The van der Waals surface area contributed by atoms with E-state index in [9.17, 15) is 9.18 Å². The van der Waals surface area contributed by atoms with Gasteiger partial charge >= 0.3 is 0 Å². The maximum absolute atomic E-state index is 12.8. The fraction of sp³-hybridized carbons (Fsp3) is 0.182. The average Bonchev–Trinajstić information content (AvgIpc) is 2.10. The van der Waals surface area contributed by atoms with E-state index in [2.05, 4.69) is 17.2 Å². The first-order valence-corrected chi connectivity index (χ1v) is 4.37. The molecule has 0 aromatic heterocycles. The van der Waals surface area contributed by atoms with Gasteiger partial charge in [-0.25, -0.2) is 4.39 Å². The van der Waals surface area contributed by atoms with Crippen LogP contribution in [0.15, 0.2) is 18.2 Å². The lowest BCUT2D eigenvalue weighted by Crippen LogP contribution is -2.19. The van der Waals surface area contributed by atoms with Gasteiger partial charge in [0.25, 0.3) is 0 Å². The molecule has 78 valence electrons. The number of nitrogens with one attached hydrogen (secondary N) is 1. The molecule has 0 aliphatic carbocycles. The summed E-state index contributed by atoms with van der Waals surface area (Å²) in [6.07, 6.45) is 0. The monoisotopic (exact) mass is 206 g/mol. The summed E-state index contributed by atoms with van der Waals surface area (Å²) in [6.45, 7) is 1.65. The minimum atomic E-state index is -0.418. The molecule has 0 aliphatic heterocycles. The third kappa shape index (κ3) is 4.14. The Morgan fingerprint density at radius 3 is 2.87 bits per heavy atom. The van der Waals surface area contributed by atoms with Crippen LogP contribution in [0.2, 0.25) is 0 Å². The van der Waals surface area contributed by atoms with Gasteiger partial charge in [-0.1, -0.05) is 11.8 Å². The summed E-state index contributed by atoms with van der Waals surface area (Å²) in [7, 11) is 0. The highest BCUT2D eigenvalue weighted by Gasteiger charge is 1.94. The summed E-state index contributed by atoms with van der Waals surface area (Å²) >= 11 is 0. The number of rotatable bonds is 1. The van der Waals surface area contributed by atoms with Crippen LogP contribution in [-0.4, -0.2) is 12.5 Å². The van der Waals surface area contributed by atoms with Crippen molar-refractivity contribution in [1.29, 1.82) is 0 Å². The van der Waals surface area contributed by atoms with E-state index < -0.39 is 5.82 Å². The molecule has 1 aromatic rings. The van der Waals surface area contributed by atoms with Gasteiger partial charge in [-0.05, 0) is 18.2 Å². The molecule has 3 N–H and O–H groups in total. The fourth-order valence-corrected chi connectivity index (χ4v) is 0.999. The number of amides is 1. The molecule has 0 spiro atoms. The summed E-state index contributed by atoms with van der Waals surface area (Å²) in [6, 6.07) is 4.08. The highest BCUT2D eigenvalue weighted by atomic mass is 19.1. The van der Waals surface area contributed by atoms with Gasteiger partial charge < -0.3 is 11.1 Å². The second kappa shape index (κ2) is 5.01. The SMILES string of the molecule is CC(=O)NCC#Cc1cc(N)cc(F)c1. The molecule has 0 aliphatic rings. The van der Waals surface area contributed by atoms with Crippen molar-refractivity contribution in [2.24, 2.45) is 0 Å². The minimum Gasteiger partial charge on any atom is -0.399 e. The molecular formula is C11H11FN2O. The number of benzene rings is 1. The number of hydrogen-bond donors (Lipinski definition) is 2. The van der Waals surface area contributed by atoms with Gasteiger partial charge in [0.05, 0.1) is 6.54 Å². The maximum atomic E-state index is 12.8. The number of carbonyl (C=O) groups is 1. The Labute approximate surface area is 87.5 Å². The van der Waals surface area contributed by atoms with Gasteiger partial charge in [-0.3, -0.25) is 4.79 Å². The molecule has 1 aromatic carbocycles. The van der Waals surface area contributed by atoms with Crippen LogP contribution in [0.3, 0.4) is 0 Å².